The summed E-state index contributed by atoms with van der Waals surface area (Å²) in [5, 5.41) is 3.73. The van der Waals surface area contributed by atoms with Gasteiger partial charge < -0.3 is 9.26 Å². The van der Waals surface area contributed by atoms with E-state index in [4.69, 9.17) is 9.26 Å². The van der Waals surface area contributed by atoms with Crippen LogP contribution >= 0.6 is 15.9 Å². The lowest BCUT2D eigenvalue weighted by Gasteiger charge is -2.02. The minimum absolute atomic E-state index is 0.313. The molecule has 15 heavy (non-hydrogen) atoms. The number of nitrogens with zero attached hydrogens (tertiary/aromatic N) is 2. The van der Waals surface area contributed by atoms with Crippen LogP contribution in [-0.4, -0.2) is 10.1 Å². The van der Waals surface area contributed by atoms with Crippen molar-refractivity contribution in [1.29, 1.82) is 0 Å². The Balaban J connectivity index is 1.99. The van der Waals surface area contributed by atoms with Crippen molar-refractivity contribution in [2.45, 2.75) is 13.5 Å². The highest BCUT2D eigenvalue weighted by Gasteiger charge is 2.02. The molecule has 0 N–H and O–H groups in total. The fourth-order valence-corrected chi connectivity index (χ4v) is 1.48. The second-order valence-electron chi connectivity index (χ2n) is 2.98. The van der Waals surface area contributed by atoms with Gasteiger partial charge >= 0.3 is 0 Å². The maximum atomic E-state index is 5.47. The quantitative estimate of drug-likeness (QED) is 0.859. The van der Waals surface area contributed by atoms with Crippen molar-refractivity contribution in [1.82, 2.24) is 10.1 Å². The normalized spacial score (nSPS) is 10.3. The zero-order valence-corrected chi connectivity index (χ0v) is 9.69. The van der Waals surface area contributed by atoms with Crippen LogP contribution in [0.5, 0.6) is 5.75 Å². The van der Waals surface area contributed by atoms with Crippen molar-refractivity contribution < 1.29 is 9.26 Å². The summed E-state index contributed by atoms with van der Waals surface area (Å²) in [4.78, 5) is 4.03. The molecule has 0 aliphatic heterocycles. The smallest absolute Gasteiger partial charge is 0.223 e. The van der Waals surface area contributed by atoms with Gasteiger partial charge in [0.1, 0.15) is 5.75 Å². The van der Waals surface area contributed by atoms with Gasteiger partial charge in [-0.2, -0.15) is 4.98 Å². The maximum absolute atomic E-state index is 5.47. The van der Waals surface area contributed by atoms with E-state index in [9.17, 15) is 0 Å². The summed E-state index contributed by atoms with van der Waals surface area (Å²) >= 11 is 3.36. The fraction of sp³-hybridized carbons (Fsp3) is 0.200. The molecule has 2 rings (SSSR count). The van der Waals surface area contributed by atoms with Crippen molar-refractivity contribution >= 4 is 15.9 Å². The molecule has 0 amide bonds. The zero-order valence-electron chi connectivity index (χ0n) is 8.11. The van der Waals surface area contributed by atoms with E-state index in [1.54, 1.807) is 6.92 Å². The number of aromatic nitrogens is 2. The Labute approximate surface area is 95.4 Å². The molecule has 4 nitrogen and oxygen atoms in total. The Hall–Kier alpha value is -1.36. The number of hydrogen-bond donors (Lipinski definition) is 0. The van der Waals surface area contributed by atoms with Gasteiger partial charge in [0.25, 0.3) is 0 Å². The Morgan fingerprint density at radius 2 is 2.33 bits per heavy atom. The van der Waals surface area contributed by atoms with Crippen LogP contribution in [0.2, 0.25) is 0 Å². The summed E-state index contributed by atoms with van der Waals surface area (Å²) in [6, 6.07) is 7.59. The Morgan fingerprint density at radius 3 is 3.00 bits per heavy atom. The molecule has 0 spiro atoms. The molecular formula is C10H9BrN2O2. The van der Waals surface area contributed by atoms with Crippen LogP contribution in [0.4, 0.5) is 0 Å². The second kappa shape index (κ2) is 4.44. The molecule has 1 heterocycles. The fourth-order valence-electron chi connectivity index (χ4n) is 1.10. The highest BCUT2D eigenvalue weighted by Crippen LogP contribution is 2.18. The van der Waals surface area contributed by atoms with Crippen LogP contribution in [0.3, 0.4) is 0 Å². The van der Waals surface area contributed by atoms with Crippen LogP contribution in [-0.2, 0) is 6.61 Å². The largest absolute Gasteiger partial charge is 0.485 e. The number of aryl methyl sites for hydroxylation is 1. The third-order valence-electron chi connectivity index (χ3n) is 1.73. The average Bonchev–Trinajstić information content (AvgIpc) is 2.62. The summed E-state index contributed by atoms with van der Waals surface area (Å²) in [5.41, 5.74) is 0. The highest BCUT2D eigenvalue weighted by atomic mass is 79.9. The molecule has 1 aromatic carbocycles. The summed E-state index contributed by atoms with van der Waals surface area (Å²) in [7, 11) is 0. The van der Waals surface area contributed by atoms with Crippen molar-refractivity contribution in [2.24, 2.45) is 0 Å². The predicted octanol–water partition coefficient (Wildman–Crippen LogP) is 2.72. The number of ether oxygens (including phenoxy) is 1. The Kier molecular flexibility index (Phi) is 3.01. The van der Waals surface area contributed by atoms with E-state index in [1.807, 2.05) is 24.3 Å². The Morgan fingerprint density at radius 1 is 1.47 bits per heavy atom. The molecule has 0 fully saturated rings. The first-order valence-corrected chi connectivity index (χ1v) is 5.21. The van der Waals surface area contributed by atoms with Gasteiger partial charge in [-0.3, -0.25) is 0 Å². The van der Waals surface area contributed by atoms with Gasteiger partial charge in [0, 0.05) is 11.4 Å². The van der Waals surface area contributed by atoms with Crippen molar-refractivity contribution in [2.75, 3.05) is 0 Å². The molecule has 1 aromatic heterocycles. The third kappa shape index (κ3) is 2.79. The summed E-state index contributed by atoms with van der Waals surface area (Å²) < 4.78 is 11.3. The standard InChI is InChI=1S/C10H9BrN2O2/c1-7-12-10(13-15-7)6-14-9-4-2-3-8(11)5-9/h2-5H,6H2,1H3. The van der Waals surface area contributed by atoms with Crippen molar-refractivity contribution in [3.8, 4) is 5.75 Å². The molecule has 0 saturated carbocycles. The lowest BCUT2D eigenvalue weighted by Crippen LogP contribution is -1.97. The average molecular weight is 269 g/mol. The highest BCUT2D eigenvalue weighted by molar-refractivity contribution is 9.10. The molecule has 0 radical (unpaired) electrons. The predicted molar refractivity (Wildman–Crippen MR) is 57.5 cm³/mol. The number of hydrogen-bond acceptors (Lipinski definition) is 4. The minimum Gasteiger partial charge on any atom is -0.485 e. The van der Waals surface area contributed by atoms with Crippen LogP contribution < -0.4 is 4.74 Å². The van der Waals surface area contributed by atoms with Gasteiger partial charge in [0.15, 0.2) is 6.61 Å². The topological polar surface area (TPSA) is 48.2 Å². The van der Waals surface area contributed by atoms with Crippen molar-refractivity contribution in [3.63, 3.8) is 0 Å². The van der Waals surface area contributed by atoms with Gasteiger partial charge in [-0.05, 0) is 18.2 Å². The summed E-state index contributed by atoms with van der Waals surface area (Å²) in [5.74, 6) is 1.86. The van der Waals surface area contributed by atoms with E-state index in [-0.39, 0.29) is 0 Å². The van der Waals surface area contributed by atoms with Crippen molar-refractivity contribution in [3.05, 3.63) is 40.5 Å². The monoisotopic (exact) mass is 268 g/mol. The van der Waals surface area contributed by atoms with Crippen LogP contribution in [0, 0.1) is 6.92 Å². The van der Waals surface area contributed by atoms with Gasteiger partial charge in [-0.25, -0.2) is 0 Å². The van der Waals surface area contributed by atoms with Crippen LogP contribution in [0.1, 0.15) is 11.7 Å². The minimum atomic E-state index is 0.313. The lowest BCUT2D eigenvalue weighted by molar-refractivity contribution is 0.285. The van der Waals surface area contributed by atoms with E-state index in [1.165, 1.54) is 0 Å². The van der Waals surface area contributed by atoms with E-state index in [0.29, 0.717) is 18.3 Å². The molecule has 5 heteroatoms. The molecule has 0 bridgehead atoms. The molecule has 0 aliphatic carbocycles. The van der Waals surface area contributed by atoms with Gasteiger partial charge in [-0.15, -0.1) is 0 Å². The number of benzene rings is 1. The summed E-state index contributed by atoms with van der Waals surface area (Å²) in [6.45, 7) is 2.06. The molecule has 0 saturated heterocycles. The lowest BCUT2D eigenvalue weighted by atomic mass is 10.3. The van der Waals surface area contributed by atoms with Gasteiger partial charge in [0.05, 0.1) is 0 Å². The zero-order chi connectivity index (χ0) is 10.7. The first-order valence-electron chi connectivity index (χ1n) is 4.41. The van der Waals surface area contributed by atoms with Gasteiger partial charge in [-0.1, -0.05) is 27.2 Å². The van der Waals surface area contributed by atoms with Crippen LogP contribution in [0.25, 0.3) is 0 Å². The first kappa shape index (κ1) is 10.2. The molecule has 2 aromatic rings. The summed E-state index contributed by atoms with van der Waals surface area (Å²) in [6.07, 6.45) is 0. The van der Waals surface area contributed by atoms with E-state index in [0.717, 1.165) is 10.2 Å². The van der Waals surface area contributed by atoms with E-state index < -0.39 is 0 Å². The second-order valence-corrected chi connectivity index (χ2v) is 3.89. The van der Waals surface area contributed by atoms with E-state index >= 15 is 0 Å². The molecule has 0 aliphatic rings. The molecular weight excluding hydrogens is 260 g/mol. The Bertz CT molecular complexity index is 456. The van der Waals surface area contributed by atoms with Gasteiger partial charge in [0.2, 0.25) is 11.7 Å². The first-order chi connectivity index (χ1) is 7.24. The number of halogens is 1. The number of rotatable bonds is 3. The molecule has 78 valence electrons. The molecule has 0 unspecified atom stereocenters. The third-order valence-corrected chi connectivity index (χ3v) is 2.23. The maximum Gasteiger partial charge on any atom is 0.223 e. The van der Waals surface area contributed by atoms with E-state index in [2.05, 4.69) is 26.1 Å². The van der Waals surface area contributed by atoms with Crippen LogP contribution in [0.15, 0.2) is 33.3 Å². The molecule has 0 atom stereocenters. The SMILES string of the molecule is Cc1nc(COc2cccc(Br)c2)no1.